The Balaban J connectivity index is 0.00000225. The predicted molar refractivity (Wildman–Crippen MR) is 95.7 cm³/mol. The fourth-order valence-corrected chi connectivity index (χ4v) is 2.58. The minimum absolute atomic E-state index is 0. The van der Waals surface area contributed by atoms with Crippen LogP contribution in [0.15, 0.2) is 24.3 Å². The van der Waals surface area contributed by atoms with Crippen molar-refractivity contribution in [2.45, 2.75) is 38.6 Å². The Morgan fingerprint density at radius 2 is 2.08 bits per heavy atom. The maximum absolute atomic E-state index is 14.1. The van der Waals surface area contributed by atoms with Gasteiger partial charge in [0.25, 0.3) is 5.91 Å². The molecule has 0 bridgehead atoms. The molecule has 8 heteroatoms. The molecule has 1 atom stereocenters. The van der Waals surface area contributed by atoms with Gasteiger partial charge in [-0.1, -0.05) is 26.0 Å². The molecule has 136 valence electrons. The molecule has 6 nitrogen and oxygen atoms in total. The van der Waals surface area contributed by atoms with Crippen LogP contribution in [0, 0.1) is 11.7 Å². The average Bonchev–Trinajstić information content (AvgIpc) is 3.31. The van der Waals surface area contributed by atoms with Crippen molar-refractivity contribution in [3.63, 3.8) is 0 Å². The number of hydrogen-bond acceptors (Lipinski definition) is 4. The zero-order valence-corrected chi connectivity index (χ0v) is 15.1. The number of hydrogen-bond donors (Lipinski definition) is 2. The quantitative estimate of drug-likeness (QED) is 0.821. The van der Waals surface area contributed by atoms with Crippen molar-refractivity contribution in [2.24, 2.45) is 11.7 Å². The van der Waals surface area contributed by atoms with Crippen molar-refractivity contribution in [3.05, 3.63) is 41.7 Å². The number of carbonyl (C=O) groups is 1. The second kappa shape index (κ2) is 7.93. The van der Waals surface area contributed by atoms with E-state index in [0.29, 0.717) is 18.3 Å². The minimum atomic E-state index is -0.410. The van der Waals surface area contributed by atoms with E-state index in [1.165, 1.54) is 10.7 Å². The van der Waals surface area contributed by atoms with Crippen LogP contribution in [0.4, 0.5) is 4.39 Å². The van der Waals surface area contributed by atoms with Gasteiger partial charge in [-0.25, -0.2) is 14.1 Å². The summed E-state index contributed by atoms with van der Waals surface area (Å²) >= 11 is 0. The zero-order valence-electron chi connectivity index (χ0n) is 14.3. The smallest absolute Gasteiger partial charge is 0.291 e. The third-order valence-electron chi connectivity index (χ3n) is 4.16. The topological polar surface area (TPSA) is 85.8 Å². The van der Waals surface area contributed by atoms with Gasteiger partial charge < -0.3 is 11.1 Å². The van der Waals surface area contributed by atoms with Crippen molar-refractivity contribution in [3.8, 4) is 5.69 Å². The van der Waals surface area contributed by atoms with Crippen LogP contribution in [0.3, 0.4) is 0 Å². The molecule has 1 aromatic carbocycles. The number of aromatic nitrogens is 3. The number of carbonyl (C=O) groups excluding carboxylic acids is 1. The summed E-state index contributed by atoms with van der Waals surface area (Å²) in [7, 11) is 0. The fraction of sp³-hybridized carbons (Fsp3) is 0.471. The molecule has 1 unspecified atom stereocenters. The molecule has 1 aromatic heterocycles. The summed E-state index contributed by atoms with van der Waals surface area (Å²) in [5.74, 6) is 0.268. The van der Waals surface area contributed by atoms with Gasteiger partial charge in [-0.05, 0) is 30.9 Å². The third kappa shape index (κ3) is 4.35. The van der Waals surface area contributed by atoms with E-state index in [4.69, 9.17) is 5.73 Å². The lowest BCUT2D eigenvalue weighted by Crippen LogP contribution is -2.39. The Morgan fingerprint density at radius 3 is 2.68 bits per heavy atom. The van der Waals surface area contributed by atoms with Crippen molar-refractivity contribution >= 4 is 18.3 Å². The van der Waals surface area contributed by atoms with E-state index >= 15 is 0 Å². The second-order valence-electron chi connectivity index (χ2n) is 6.52. The van der Waals surface area contributed by atoms with Crippen LogP contribution in [-0.2, 0) is 0 Å². The highest BCUT2D eigenvalue weighted by atomic mass is 35.5. The van der Waals surface area contributed by atoms with Gasteiger partial charge in [-0.15, -0.1) is 17.5 Å². The first-order valence-corrected chi connectivity index (χ1v) is 8.23. The maximum Gasteiger partial charge on any atom is 0.291 e. The first-order chi connectivity index (χ1) is 11.5. The van der Waals surface area contributed by atoms with E-state index in [9.17, 15) is 9.18 Å². The monoisotopic (exact) mass is 367 g/mol. The SMILES string of the molecule is CC(C)c1nc(C(=O)NCC(N)C2CC2)nn1-c1ccccc1F.Cl. The van der Waals surface area contributed by atoms with Gasteiger partial charge in [-0.2, -0.15) is 0 Å². The van der Waals surface area contributed by atoms with Gasteiger partial charge in [0, 0.05) is 18.5 Å². The molecule has 0 aliphatic heterocycles. The number of amides is 1. The van der Waals surface area contributed by atoms with Crippen LogP contribution in [-0.4, -0.2) is 33.3 Å². The summed E-state index contributed by atoms with van der Waals surface area (Å²) in [6.45, 7) is 4.24. The Kier molecular flexibility index (Phi) is 6.13. The molecular weight excluding hydrogens is 345 g/mol. The Morgan fingerprint density at radius 1 is 1.40 bits per heavy atom. The number of nitrogens with two attached hydrogens (primary N) is 1. The number of para-hydroxylation sites is 1. The highest BCUT2D eigenvalue weighted by Crippen LogP contribution is 2.31. The van der Waals surface area contributed by atoms with E-state index < -0.39 is 5.82 Å². The predicted octanol–water partition coefficient (Wildman–Crippen LogP) is 2.42. The van der Waals surface area contributed by atoms with Gasteiger partial charge in [-0.3, -0.25) is 4.79 Å². The summed E-state index contributed by atoms with van der Waals surface area (Å²) in [6.07, 6.45) is 2.24. The second-order valence-corrected chi connectivity index (χ2v) is 6.52. The molecule has 0 saturated heterocycles. The molecular formula is C17H23ClFN5O. The van der Waals surface area contributed by atoms with E-state index in [-0.39, 0.29) is 41.8 Å². The van der Waals surface area contributed by atoms with Crippen molar-refractivity contribution in [1.82, 2.24) is 20.1 Å². The van der Waals surface area contributed by atoms with E-state index in [1.54, 1.807) is 18.2 Å². The van der Waals surface area contributed by atoms with Gasteiger partial charge in [0.15, 0.2) is 0 Å². The Labute approximate surface area is 152 Å². The number of rotatable bonds is 6. The minimum Gasteiger partial charge on any atom is -0.348 e. The van der Waals surface area contributed by atoms with Gasteiger partial charge >= 0.3 is 0 Å². The number of halogens is 2. The molecule has 1 heterocycles. The van der Waals surface area contributed by atoms with Crippen molar-refractivity contribution < 1.29 is 9.18 Å². The summed E-state index contributed by atoms with van der Waals surface area (Å²) in [4.78, 5) is 16.6. The van der Waals surface area contributed by atoms with E-state index in [0.717, 1.165) is 12.8 Å². The molecule has 2 aromatic rings. The largest absolute Gasteiger partial charge is 0.348 e. The highest BCUT2D eigenvalue weighted by Gasteiger charge is 2.29. The van der Waals surface area contributed by atoms with Crippen LogP contribution >= 0.6 is 12.4 Å². The molecule has 1 amide bonds. The van der Waals surface area contributed by atoms with Crippen LogP contribution in [0.5, 0.6) is 0 Å². The zero-order chi connectivity index (χ0) is 17.3. The van der Waals surface area contributed by atoms with Crippen molar-refractivity contribution in [2.75, 3.05) is 6.54 Å². The van der Waals surface area contributed by atoms with E-state index in [1.807, 2.05) is 13.8 Å². The standard InChI is InChI=1S/C17H22FN5O.ClH/c1-10(2)16-21-15(17(24)20-9-13(19)11-7-8-11)22-23(16)14-6-4-3-5-12(14)18;/h3-6,10-11,13H,7-9,19H2,1-2H3,(H,20,24);1H. The number of nitrogens with zero attached hydrogens (tertiary/aromatic N) is 3. The van der Waals surface area contributed by atoms with Gasteiger partial charge in [0.05, 0.1) is 0 Å². The summed E-state index contributed by atoms with van der Waals surface area (Å²) in [5, 5.41) is 6.98. The van der Waals surface area contributed by atoms with E-state index in [2.05, 4.69) is 15.4 Å². The van der Waals surface area contributed by atoms with Crippen molar-refractivity contribution in [1.29, 1.82) is 0 Å². The van der Waals surface area contributed by atoms with Crippen LogP contribution in [0.25, 0.3) is 5.69 Å². The molecule has 3 rings (SSSR count). The maximum atomic E-state index is 14.1. The summed E-state index contributed by atoms with van der Waals surface area (Å²) in [6, 6.07) is 6.26. The molecule has 1 saturated carbocycles. The molecule has 1 aliphatic carbocycles. The molecule has 1 aliphatic rings. The molecule has 3 N–H and O–H groups in total. The third-order valence-corrected chi connectivity index (χ3v) is 4.16. The summed E-state index contributed by atoms with van der Waals surface area (Å²) < 4.78 is 15.5. The van der Waals surface area contributed by atoms with Gasteiger partial charge in [0.1, 0.15) is 17.3 Å². The van der Waals surface area contributed by atoms with Crippen LogP contribution in [0.2, 0.25) is 0 Å². The average molecular weight is 368 g/mol. The van der Waals surface area contributed by atoms with Crippen LogP contribution < -0.4 is 11.1 Å². The van der Waals surface area contributed by atoms with Crippen LogP contribution in [0.1, 0.15) is 49.1 Å². The molecule has 1 fully saturated rings. The Bertz CT molecular complexity index is 744. The highest BCUT2D eigenvalue weighted by molar-refractivity contribution is 5.90. The first-order valence-electron chi connectivity index (χ1n) is 8.23. The lowest BCUT2D eigenvalue weighted by atomic mass is 10.2. The molecule has 25 heavy (non-hydrogen) atoms. The summed E-state index contributed by atoms with van der Waals surface area (Å²) in [5.41, 5.74) is 6.27. The normalized spacial score (nSPS) is 14.9. The van der Waals surface area contributed by atoms with Gasteiger partial charge in [0.2, 0.25) is 5.82 Å². The lowest BCUT2D eigenvalue weighted by molar-refractivity contribution is 0.0940. The molecule has 0 radical (unpaired) electrons. The molecule has 0 spiro atoms. The number of benzene rings is 1. The lowest BCUT2D eigenvalue weighted by Gasteiger charge is -2.09. The fourth-order valence-electron chi connectivity index (χ4n) is 2.58. The Hall–Kier alpha value is -1.99. The first kappa shape index (κ1) is 19.3. The number of nitrogens with one attached hydrogen (secondary N) is 1.